The zero-order valence-corrected chi connectivity index (χ0v) is 16.1. The third-order valence-electron chi connectivity index (χ3n) is 4.67. The van der Waals surface area contributed by atoms with Crippen molar-refractivity contribution in [2.45, 2.75) is 6.61 Å². The van der Waals surface area contributed by atoms with E-state index in [-0.39, 0.29) is 17.8 Å². The Kier molecular flexibility index (Phi) is 4.64. The fourth-order valence-electron chi connectivity index (χ4n) is 3.11. The molecule has 0 bridgehead atoms. The third kappa shape index (κ3) is 3.74. The number of hydrogen-bond acceptors (Lipinski definition) is 8. The first-order valence-corrected chi connectivity index (χ1v) is 9.38. The first-order chi connectivity index (χ1) is 15.2. The van der Waals surface area contributed by atoms with Crippen molar-refractivity contribution in [2.75, 3.05) is 0 Å². The lowest BCUT2D eigenvalue weighted by molar-refractivity contribution is 0.243. The van der Waals surface area contributed by atoms with Crippen LogP contribution < -0.4 is 10.2 Å². The summed E-state index contributed by atoms with van der Waals surface area (Å²) in [7, 11) is 0. The number of hydrogen-bond donors (Lipinski definition) is 1. The smallest absolute Gasteiger partial charge is 0.264 e. The van der Waals surface area contributed by atoms with Crippen LogP contribution >= 0.6 is 0 Å². The number of nitrogens with zero attached hydrogens (tertiary/aromatic N) is 3. The van der Waals surface area contributed by atoms with Crippen LogP contribution in [-0.4, -0.2) is 20.2 Å². The van der Waals surface area contributed by atoms with E-state index in [0.29, 0.717) is 39.6 Å². The van der Waals surface area contributed by atoms with Crippen LogP contribution in [0.25, 0.3) is 33.5 Å². The molecule has 0 aliphatic heterocycles. The van der Waals surface area contributed by atoms with Gasteiger partial charge in [-0.1, -0.05) is 17.3 Å². The lowest BCUT2D eigenvalue weighted by Gasteiger charge is -2.06. The van der Waals surface area contributed by atoms with Crippen molar-refractivity contribution in [2.24, 2.45) is 0 Å². The van der Waals surface area contributed by atoms with Crippen LogP contribution in [-0.2, 0) is 6.61 Å². The molecule has 8 nitrogen and oxygen atoms in total. The maximum absolute atomic E-state index is 12.8. The molecule has 0 spiro atoms. The quantitative estimate of drug-likeness (QED) is 0.457. The molecule has 0 aliphatic carbocycles. The normalized spacial score (nSPS) is 11.0. The van der Waals surface area contributed by atoms with Gasteiger partial charge >= 0.3 is 0 Å². The van der Waals surface area contributed by atoms with Gasteiger partial charge in [0.25, 0.3) is 5.89 Å². The van der Waals surface area contributed by atoms with Crippen molar-refractivity contribution in [1.29, 1.82) is 0 Å². The molecule has 0 radical (unpaired) electrons. The van der Waals surface area contributed by atoms with E-state index in [1.54, 1.807) is 48.8 Å². The van der Waals surface area contributed by atoms with Crippen LogP contribution in [0.2, 0.25) is 0 Å². The molecule has 0 aliphatic rings. The van der Waals surface area contributed by atoms with E-state index in [4.69, 9.17) is 13.7 Å². The number of benzene rings is 2. The molecule has 0 saturated heterocycles. The lowest BCUT2D eigenvalue weighted by Crippen LogP contribution is -2.05. The molecule has 8 heteroatoms. The van der Waals surface area contributed by atoms with Gasteiger partial charge in [-0.15, -0.1) is 0 Å². The molecular weight excluding hydrogens is 398 g/mol. The summed E-state index contributed by atoms with van der Waals surface area (Å²) in [5.41, 5.74) is 2.04. The predicted molar refractivity (Wildman–Crippen MR) is 111 cm³/mol. The summed E-state index contributed by atoms with van der Waals surface area (Å²) in [6.45, 7) is 0.0641. The Morgan fingerprint density at radius 1 is 1.03 bits per heavy atom. The average Bonchev–Trinajstić information content (AvgIpc) is 3.28. The van der Waals surface area contributed by atoms with Crippen molar-refractivity contribution < 1.29 is 18.8 Å². The van der Waals surface area contributed by atoms with Gasteiger partial charge < -0.3 is 18.8 Å². The second-order valence-electron chi connectivity index (χ2n) is 6.73. The van der Waals surface area contributed by atoms with Gasteiger partial charge in [0.1, 0.15) is 23.3 Å². The minimum atomic E-state index is -0.170. The molecule has 0 atom stereocenters. The summed E-state index contributed by atoms with van der Waals surface area (Å²) in [4.78, 5) is 21.2. The van der Waals surface area contributed by atoms with Crippen molar-refractivity contribution in [3.05, 3.63) is 89.4 Å². The van der Waals surface area contributed by atoms with E-state index < -0.39 is 0 Å². The highest BCUT2D eigenvalue weighted by atomic mass is 16.5. The average molecular weight is 413 g/mol. The monoisotopic (exact) mass is 413 g/mol. The Morgan fingerprint density at radius 3 is 2.71 bits per heavy atom. The highest BCUT2D eigenvalue weighted by Gasteiger charge is 2.12. The molecule has 31 heavy (non-hydrogen) atoms. The molecule has 5 aromatic rings. The highest BCUT2D eigenvalue weighted by Crippen LogP contribution is 2.25. The molecule has 5 rings (SSSR count). The summed E-state index contributed by atoms with van der Waals surface area (Å²) in [5, 5.41) is 13.8. The van der Waals surface area contributed by atoms with Crippen LogP contribution in [0.4, 0.5) is 0 Å². The maximum atomic E-state index is 12.8. The van der Waals surface area contributed by atoms with Gasteiger partial charge in [-0.05, 0) is 42.0 Å². The van der Waals surface area contributed by atoms with Crippen LogP contribution in [0.1, 0.15) is 5.89 Å². The number of aromatic hydroxyl groups is 1. The van der Waals surface area contributed by atoms with Gasteiger partial charge in [0.15, 0.2) is 12.0 Å². The summed E-state index contributed by atoms with van der Waals surface area (Å²) in [5.74, 6) is 1.36. The Labute approximate surface area is 175 Å². The second-order valence-corrected chi connectivity index (χ2v) is 6.73. The number of phenolic OH excluding ortho intramolecular Hbond substituents is 1. The Balaban J connectivity index is 1.36. The van der Waals surface area contributed by atoms with Crippen LogP contribution in [0, 0.1) is 0 Å². The maximum Gasteiger partial charge on any atom is 0.264 e. The molecule has 3 aromatic heterocycles. The fourth-order valence-corrected chi connectivity index (χ4v) is 3.11. The van der Waals surface area contributed by atoms with Crippen molar-refractivity contribution in [3.63, 3.8) is 0 Å². The van der Waals surface area contributed by atoms with Crippen LogP contribution in [0.3, 0.4) is 0 Å². The summed E-state index contributed by atoms with van der Waals surface area (Å²) in [6.07, 6.45) is 4.71. The zero-order chi connectivity index (χ0) is 21.2. The minimum Gasteiger partial charge on any atom is -0.508 e. The molecule has 0 saturated carbocycles. The number of pyridine rings is 1. The topological polar surface area (TPSA) is 111 Å². The Hall–Kier alpha value is -4.46. The number of ether oxygens (including phenoxy) is 1. The summed E-state index contributed by atoms with van der Waals surface area (Å²) in [6, 6.07) is 15.0. The number of phenols is 1. The van der Waals surface area contributed by atoms with Crippen LogP contribution in [0.15, 0.2) is 87.0 Å². The second kappa shape index (κ2) is 7.75. The largest absolute Gasteiger partial charge is 0.508 e. The third-order valence-corrected chi connectivity index (χ3v) is 4.67. The lowest BCUT2D eigenvalue weighted by atomic mass is 10.1. The van der Waals surface area contributed by atoms with E-state index in [9.17, 15) is 9.90 Å². The highest BCUT2D eigenvalue weighted by molar-refractivity contribution is 5.82. The summed E-state index contributed by atoms with van der Waals surface area (Å²) >= 11 is 0. The first-order valence-electron chi connectivity index (χ1n) is 9.38. The molecule has 0 fully saturated rings. The Bertz CT molecular complexity index is 1410. The van der Waals surface area contributed by atoms with Gasteiger partial charge in [-0.3, -0.25) is 9.78 Å². The van der Waals surface area contributed by atoms with Crippen molar-refractivity contribution >= 4 is 11.0 Å². The number of rotatable bonds is 5. The van der Waals surface area contributed by atoms with E-state index in [0.717, 1.165) is 5.56 Å². The van der Waals surface area contributed by atoms with Gasteiger partial charge in [0.05, 0.1) is 10.9 Å². The minimum absolute atomic E-state index is 0.0641. The van der Waals surface area contributed by atoms with Gasteiger partial charge in [-0.2, -0.15) is 4.98 Å². The predicted octanol–water partition coefficient (Wildman–Crippen LogP) is 4.19. The van der Waals surface area contributed by atoms with E-state index in [2.05, 4.69) is 15.1 Å². The summed E-state index contributed by atoms with van der Waals surface area (Å²) < 4.78 is 16.6. The molecule has 0 amide bonds. The molecule has 2 aromatic carbocycles. The van der Waals surface area contributed by atoms with E-state index >= 15 is 0 Å². The SMILES string of the molecule is O=c1c(-c2ccc(O)cc2)coc2cc(OCc3nc(-c4cccnc4)no3)ccc12. The van der Waals surface area contributed by atoms with Gasteiger partial charge in [0, 0.05) is 24.0 Å². The first kappa shape index (κ1) is 18.6. The standard InChI is InChI=1S/C23H15N3O5/c27-16-5-3-14(4-6-16)19-12-30-20-10-17(7-8-18(20)22(19)28)29-13-21-25-23(26-31-21)15-2-1-9-24-11-15/h1-12,27H,13H2. The van der Waals surface area contributed by atoms with E-state index in [1.165, 1.54) is 18.4 Å². The number of aromatic nitrogens is 3. The molecule has 3 heterocycles. The zero-order valence-electron chi connectivity index (χ0n) is 16.1. The van der Waals surface area contributed by atoms with E-state index in [1.807, 2.05) is 6.07 Å². The molecule has 152 valence electrons. The van der Waals surface area contributed by atoms with Gasteiger partial charge in [-0.25, -0.2) is 0 Å². The molecular formula is C23H15N3O5. The number of fused-ring (bicyclic) bond motifs is 1. The fraction of sp³-hybridized carbons (Fsp3) is 0.0435. The van der Waals surface area contributed by atoms with Crippen molar-refractivity contribution in [1.82, 2.24) is 15.1 Å². The molecule has 0 unspecified atom stereocenters. The van der Waals surface area contributed by atoms with Gasteiger partial charge in [0.2, 0.25) is 5.82 Å². The van der Waals surface area contributed by atoms with Crippen molar-refractivity contribution in [3.8, 4) is 34.0 Å². The Morgan fingerprint density at radius 2 is 1.90 bits per heavy atom. The molecule has 1 N–H and O–H groups in total. The van der Waals surface area contributed by atoms with Crippen LogP contribution in [0.5, 0.6) is 11.5 Å².